The monoisotopic (exact) mass is 391 g/mol. The molecule has 0 radical (unpaired) electrons. The third-order valence-corrected chi connectivity index (χ3v) is 4.55. The molecule has 0 spiro atoms. The van der Waals surface area contributed by atoms with E-state index < -0.39 is 35.3 Å². The van der Waals surface area contributed by atoms with Crippen molar-refractivity contribution < 1.29 is 22.0 Å². The quantitative estimate of drug-likeness (QED) is 0.332. The van der Waals surface area contributed by atoms with Gasteiger partial charge in [0, 0.05) is 17.4 Å². The summed E-state index contributed by atoms with van der Waals surface area (Å²) in [5.74, 6) is -3.59. The van der Waals surface area contributed by atoms with Gasteiger partial charge in [0.2, 0.25) is 0 Å². The molecular weight excluding hydrogens is 373 g/mol. The highest BCUT2D eigenvalue weighted by Crippen LogP contribution is 2.47. The highest BCUT2D eigenvalue weighted by molar-refractivity contribution is 5.91. The molecule has 1 aromatic heterocycles. The van der Waals surface area contributed by atoms with E-state index in [1.807, 2.05) is 6.92 Å². The van der Waals surface area contributed by atoms with Gasteiger partial charge in [0.25, 0.3) is 5.92 Å². The van der Waals surface area contributed by atoms with Crippen molar-refractivity contribution in [3.8, 4) is 11.1 Å². The second-order valence-corrected chi connectivity index (χ2v) is 6.48. The first-order valence-electron chi connectivity index (χ1n) is 8.77. The Morgan fingerprint density at radius 1 is 1.00 bits per heavy atom. The fourth-order valence-corrected chi connectivity index (χ4v) is 3.25. The number of pyridine rings is 1. The van der Waals surface area contributed by atoms with E-state index >= 15 is 0 Å². The summed E-state index contributed by atoms with van der Waals surface area (Å²) < 4.78 is 72.2. The van der Waals surface area contributed by atoms with Gasteiger partial charge in [-0.15, -0.1) is 6.58 Å². The summed E-state index contributed by atoms with van der Waals surface area (Å²) in [6, 6.07) is 11.8. The number of hydrogen-bond acceptors (Lipinski definition) is 1. The maximum Gasteiger partial charge on any atom is 0.417 e. The number of halogens is 5. The third-order valence-electron chi connectivity index (χ3n) is 4.55. The summed E-state index contributed by atoms with van der Waals surface area (Å²) in [5.41, 5.74) is -1.95. The molecule has 1 heterocycles. The molecule has 0 saturated heterocycles. The second kappa shape index (κ2) is 7.34. The predicted octanol–water partition coefficient (Wildman–Crippen LogP) is 7.15. The van der Waals surface area contributed by atoms with Crippen LogP contribution in [0.25, 0.3) is 22.0 Å². The minimum Gasteiger partial charge on any atom is -0.246 e. The Morgan fingerprint density at radius 3 is 2.25 bits per heavy atom. The zero-order chi connectivity index (χ0) is 20.5. The molecule has 1 nitrogen and oxygen atoms in total. The van der Waals surface area contributed by atoms with E-state index in [0.717, 1.165) is 6.08 Å². The molecule has 0 amide bonds. The Labute approximate surface area is 159 Å². The lowest BCUT2D eigenvalue weighted by Crippen LogP contribution is -2.20. The van der Waals surface area contributed by atoms with Crippen LogP contribution in [0, 0.1) is 0 Å². The van der Waals surface area contributed by atoms with E-state index in [-0.39, 0.29) is 16.5 Å². The van der Waals surface area contributed by atoms with E-state index in [1.54, 1.807) is 12.1 Å². The van der Waals surface area contributed by atoms with Gasteiger partial charge in [-0.1, -0.05) is 49.4 Å². The van der Waals surface area contributed by atoms with Crippen LogP contribution in [0.2, 0.25) is 0 Å². The lowest BCUT2D eigenvalue weighted by molar-refractivity contribution is -0.136. The van der Waals surface area contributed by atoms with Crippen LogP contribution in [0.4, 0.5) is 22.0 Å². The SMILES string of the molecule is C=CCC(F)(F)c1nc2ccc(CC)cc2c(C(F)(F)F)c1-c1ccccc1. The summed E-state index contributed by atoms with van der Waals surface area (Å²) in [6.45, 7) is 5.11. The average molecular weight is 391 g/mol. The van der Waals surface area contributed by atoms with E-state index in [9.17, 15) is 22.0 Å². The molecule has 0 bridgehead atoms. The van der Waals surface area contributed by atoms with Gasteiger partial charge in [-0.3, -0.25) is 0 Å². The number of benzene rings is 2. The highest BCUT2D eigenvalue weighted by Gasteiger charge is 2.43. The number of allylic oxidation sites excluding steroid dienone is 1. The van der Waals surface area contributed by atoms with Crippen LogP contribution in [-0.4, -0.2) is 4.98 Å². The molecule has 0 unspecified atom stereocenters. The standard InChI is InChI=1S/C22H18F5N/c1-3-12-21(23,24)20-18(15-8-6-5-7-9-15)19(22(25,26)27)16-13-14(4-2)10-11-17(16)28-20/h3,5-11,13H,1,4,12H2,2H3. The van der Waals surface area contributed by atoms with Crippen LogP contribution in [0.5, 0.6) is 0 Å². The molecule has 0 fully saturated rings. The molecule has 0 N–H and O–H groups in total. The number of fused-ring (bicyclic) bond motifs is 1. The maximum atomic E-state index is 14.8. The molecule has 0 aliphatic heterocycles. The van der Waals surface area contributed by atoms with Crippen molar-refractivity contribution in [1.29, 1.82) is 0 Å². The first kappa shape index (κ1) is 20.0. The number of hydrogen-bond donors (Lipinski definition) is 0. The lowest BCUT2D eigenvalue weighted by atomic mass is 9.90. The fourth-order valence-electron chi connectivity index (χ4n) is 3.25. The minimum atomic E-state index is -4.84. The first-order valence-corrected chi connectivity index (χ1v) is 8.77. The van der Waals surface area contributed by atoms with Gasteiger partial charge in [0.15, 0.2) is 0 Å². The van der Waals surface area contributed by atoms with E-state index in [2.05, 4.69) is 11.6 Å². The molecule has 0 aliphatic rings. The summed E-state index contributed by atoms with van der Waals surface area (Å²) >= 11 is 0. The lowest BCUT2D eigenvalue weighted by Gasteiger charge is -2.24. The van der Waals surface area contributed by atoms with Crippen LogP contribution >= 0.6 is 0 Å². The normalized spacial score (nSPS) is 12.4. The molecule has 146 valence electrons. The fraction of sp³-hybridized carbons (Fsp3) is 0.227. The highest BCUT2D eigenvalue weighted by atomic mass is 19.4. The molecule has 0 atom stereocenters. The third kappa shape index (κ3) is 3.63. The van der Waals surface area contributed by atoms with Crippen molar-refractivity contribution in [2.75, 3.05) is 0 Å². The van der Waals surface area contributed by atoms with Crippen LogP contribution in [0.1, 0.15) is 30.2 Å². The Kier molecular flexibility index (Phi) is 5.24. The van der Waals surface area contributed by atoms with Crippen molar-refractivity contribution in [3.05, 3.63) is 78.0 Å². The number of rotatable bonds is 5. The summed E-state index contributed by atoms with van der Waals surface area (Å²) in [7, 11) is 0. The zero-order valence-corrected chi connectivity index (χ0v) is 15.2. The number of aryl methyl sites for hydroxylation is 1. The Balaban J connectivity index is 2.53. The Hall–Kier alpha value is -2.76. The first-order chi connectivity index (χ1) is 13.2. The Morgan fingerprint density at radius 2 is 1.68 bits per heavy atom. The zero-order valence-electron chi connectivity index (χ0n) is 15.2. The van der Waals surface area contributed by atoms with Gasteiger partial charge >= 0.3 is 6.18 Å². The van der Waals surface area contributed by atoms with Gasteiger partial charge < -0.3 is 0 Å². The Bertz CT molecular complexity index is 1010. The smallest absolute Gasteiger partial charge is 0.246 e. The van der Waals surface area contributed by atoms with Gasteiger partial charge in [-0.2, -0.15) is 22.0 Å². The molecule has 0 aliphatic carbocycles. The van der Waals surface area contributed by atoms with E-state index in [4.69, 9.17) is 0 Å². The summed E-state index contributed by atoms with van der Waals surface area (Å²) in [4.78, 5) is 3.99. The van der Waals surface area contributed by atoms with Crippen molar-refractivity contribution >= 4 is 10.9 Å². The van der Waals surface area contributed by atoms with Crippen LogP contribution in [0.15, 0.2) is 61.2 Å². The molecule has 3 aromatic rings. The van der Waals surface area contributed by atoms with E-state index in [1.165, 1.54) is 36.4 Å². The predicted molar refractivity (Wildman–Crippen MR) is 100 cm³/mol. The second-order valence-electron chi connectivity index (χ2n) is 6.48. The maximum absolute atomic E-state index is 14.8. The van der Waals surface area contributed by atoms with E-state index in [0.29, 0.717) is 12.0 Å². The number of alkyl halides is 5. The molecule has 3 rings (SSSR count). The van der Waals surface area contributed by atoms with Gasteiger partial charge in [0.1, 0.15) is 5.69 Å². The van der Waals surface area contributed by atoms with Crippen molar-refractivity contribution in [2.24, 2.45) is 0 Å². The van der Waals surface area contributed by atoms with Crippen LogP contribution < -0.4 is 0 Å². The molecular formula is C22H18F5N. The van der Waals surface area contributed by atoms with Gasteiger partial charge in [0.05, 0.1) is 11.1 Å². The largest absolute Gasteiger partial charge is 0.417 e. The molecule has 2 aromatic carbocycles. The minimum absolute atomic E-state index is 0.0462. The number of aromatic nitrogens is 1. The van der Waals surface area contributed by atoms with Crippen LogP contribution in [-0.2, 0) is 18.5 Å². The van der Waals surface area contributed by atoms with Crippen LogP contribution in [0.3, 0.4) is 0 Å². The van der Waals surface area contributed by atoms with Crippen molar-refractivity contribution in [1.82, 2.24) is 4.98 Å². The molecule has 6 heteroatoms. The molecule has 28 heavy (non-hydrogen) atoms. The summed E-state index contributed by atoms with van der Waals surface area (Å²) in [6.07, 6.45) is -4.15. The van der Waals surface area contributed by atoms with Gasteiger partial charge in [-0.05, 0) is 29.7 Å². The van der Waals surface area contributed by atoms with Crippen molar-refractivity contribution in [2.45, 2.75) is 31.9 Å². The average Bonchev–Trinajstić information content (AvgIpc) is 2.65. The summed E-state index contributed by atoms with van der Waals surface area (Å²) in [5, 5.41) is -0.177. The molecule has 0 saturated carbocycles. The van der Waals surface area contributed by atoms with Crippen molar-refractivity contribution in [3.63, 3.8) is 0 Å². The topological polar surface area (TPSA) is 12.9 Å². The van der Waals surface area contributed by atoms with Gasteiger partial charge in [-0.25, -0.2) is 4.98 Å². The number of nitrogens with zero attached hydrogens (tertiary/aromatic N) is 1.